The van der Waals surface area contributed by atoms with Gasteiger partial charge in [0.15, 0.2) is 5.78 Å². The minimum atomic E-state index is -0.700. The molecule has 0 aromatic heterocycles. The number of esters is 1. The quantitative estimate of drug-likeness (QED) is 0.473. The van der Waals surface area contributed by atoms with Crippen LogP contribution in [-0.4, -0.2) is 30.6 Å². The van der Waals surface area contributed by atoms with E-state index < -0.39 is 5.60 Å². The highest BCUT2D eigenvalue weighted by molar-refractivity contribution is 5.84. The first-order chi connectivity index (χ1) is 7.46. The van der Waals surface area contributed by atoms with Crippen LogP contribution in [0.2, 0.25) is 0 Å². The maximum atomic E-state index is 11.3. The smallest absolute Gasteiger partial charge is 0.305 e. The number of ether oxygens (including phenoxy) is 2. The Kier molecular flexibility index (Phi) is 6.97. The maximum absolute atomic E-state index is 11.3. The number of Topliss-reactive ketones (excluding diaryl/α,β-unsaturated/α-hetero) is 1. The van der Waals surface area contributed by atoms with Crippen molar-refractivity contribution >= 4 is 11.8 Å². The summed E-state index contributed by atoms with van der Waals surface area (Å²) in [6.07, 6.45) is 1.66. The fraction of sp³-hybridized carbons (Fsp3) is 0.833. The van der Waals surface area contributed by atoms with Crippen molar-refractivity contribution in [3.63, 3.8) is 0 Å². The Labute approximate surface area is 97.3 Å². The van der Waals surface area contributed by atoms with Crippen LogP contribution in [0.15, 0.2) is 0 Å². The highest BCUT2D eigenvalue weighted by atomic mass is 16.5. The van der Waals surface area contributed by atoms with E-state index >= 15 is 0 Å². The molecule has 0 bridgehead atoms. The predicted octanol–water partition coefficient (Wildman–Crippen LogP) is 2.10. The van der Waals surface area contributed by atoms with E-state index in [0.717, 1.165) is 0 Å². The van der Waals surface area contributed by atoms with Gasteiger partial charge in [-0.05, 0) is 20.3 Å². The Morgan fingerprint density at radius 2 is 1.81 bits per heavy atom. The first kappa shape index (κ1) is 15.1. The number of ketones is 1. The monoisotopic (exact) mass is 230 g/mol. The van der Waals surface area contributed by atoms with Gasteiger partial charge >= 0.3 is 5.97 Å². The minimum absolute atomic E-state index is 0.0283. The van der Waals surface area contributed by atoms with E-state index in [1.807, 2.05) is 6.92 Å². The molecular weight excluding hydrogens is 208 g/mol. The lowest BCUT2D eigenvalue weighted by Gasteiger charge is -2.25. The zero-order valence-corrected chi connectivity index (χ0v) is 10.7. The summed E-state index contributed by atoms with van der Waals surface area (Å²) in [7, 11) is 0. The van der Waals surface area contributed by atoms with Crippen LogP contribution in [0.3, 0.4) is 0 Å². The highest BCUT2D eigenvalue weighted by Crippen LogP contribution is 2.16. The molecule has 0 saturated carbocycles. The average molecular weight is 230 g/mol. The number of rotatable bonds is 8. The molecule has 1 atom stereocenters. The van der Waals surface area contributed by atoms with E-state index in [9.17, 15) is 9.59 Å². The maximum Gasteiger partial charge on any atom is 0.305 e. The molecule has 0 fully saturated rings. The molecule has 0 aromatic rings. The summed E-state index contributed by atoms with van der Waals surface area (Å²) in [4.78, 5) is 22.1. The van der Waals surface area contributed by atoms with Crippen molar-refractivity contribution in [1.82, 2.24) is 0 Å². The van der Waals surface area contributed by atoms with Crippen LogP contribution in [0.1, 0.15) is 47.0 Å². The molecule has 94 valence electrons. The summed E-state index contributed by atoms with van der Waals surface area (Å²) < 4.78 is 10.4. The van der Waals surface area contributed by atoms with Gasteiger partial charge in [-0.3, -0.25) is 9.59 Å². The van der Waals surface area contributed by atoms with Gasteiger partial charge < -0.3 is 9.47 Å². The van der Waals surface area contributed by atoms with E-state index in [4.69, 9.17) is 9.47 Å². The molecule has 0 aliphatic carbocycles. The summed E-state index contributed by atoms with van der Waals surface area (Å²) in [6.45, 7) is 7.76. The number of carbonyl (C=O) groups is 2. The summed E-state index contributed by atoms with van der Waals surface area (Å²) in [6, 6.07) is 0. The van der Waals surface area contributed by atoms with Crippen molar-refractivity contribution in [3.8, 4) is 0 Å². The van der Waals surface area contributed by atoms with Gasteiger partial charge in [0.1, 0.15) is 5.60 Å². The van der Waals surface area contributed by atoms with Crippen LogP contribution in [0.25, 0.3) is 0 Å². The molecule has 0 aliphatic rings. The van der Waals surface area contributed by atoms with E-state index in [0.29, 0.717) is 32.5 Å². The highest BCUT2D eigenvalue weighted by Gasteiger charge is 2.27. The zero-order chi connectivity index (χ0) is 12.6. The second-order valence-electron chi connectivity index (χ2n) is 3.92. The molecule has 1 unspecified atom stereocenters. The average Bonchev–Trinajstić information content (AvgIpc) is 2.27. The van der Waals surface area contributed by atoms with Gasteiger partial charge in [0.25, 0.3) is 0 Å². The van der Waals surface area contributed by atoms with Gasteiger partial charge in [-0.2, -0.15) is 0 Å². The lowest BCUT2D eigenvalue weighted by atomic mass is 9.99. The van der Waals surface area contributed by atoms with Gasteiger partial charge in [0.2, 0.25) is 0 Å². The van der Waals surface area contributed by atoms with Crippen molar-refractivity contribution in [1.29, 1.82) is 0 Å². The van der Waals surface area contributed by atoms with E-state index in [-0.39, 0.29) is 11.8 Å². The normalized spacial score (nSPS) is 14.2. The van der Waals surface area contributed by atoms with Crippen LogP contribution in [0.5, 0.6) is 0 Å². The molecule has 0 spiro atoms. The van der Waals surface area contributed by atoms with Gasteiger partial charge in [-0.25, -0.2) is 0 Å². The number of hydrogen-bond acceptors (Lipinski definition) is 4. The SMILES string of the molecule is CCC(=O)OCCCOC(C)(CC)C(C)=O. The van der Waals surface area contributed by atoms with E-state index in [1.165, 1.54) is 6.92 Å². The molecular formula is C12H22O4. The summed E-state index contributed by atoms with van der Waals surface area (Å²) in [5.41, 5.74) is -0.700. The van der Waals surface area contributed by atoms with Crippen LogP contribution < -0.4 is 0 Å². The Balaban J connectivity index is 3.72. The number of carbonyl (C=O) groups excluding carboxylic acids is 2. The van der Waals surface area contributed by atoms with Crippen molar-refractivity contribution in [2.75, 3.05) is 13.2 Å². The van der Waals surface area contributed by atoms with Crippen LogP contribution in [-0.2, 0) is 19.1 Å². The van der Waals surface area contributed by atoms with Crippen LogP contribution in [0.4, 0.5) is 0 Å². The minimum Gasteiger partial charge on any atom is -0.466 e. The summed E-state index contributed by atoms with van der Waals surface area (Å²) in [5, 5.41) is 0. The Morgan fingerprint density at radius 3 is 2.25 bits per heavy atom. The second-order valence-corrected chi connectivity index (χ2v) is 3.92. The second kappa shape index (κ2) is 7.39. The predicted molar refractivity (Wildman–Crippen MR) is 61.2 cm³/mol. The third kappa shape index (κ3) is 5.26. The van der Waals surface area contributed by atoms with E-state index in [1.54, 1.807) is 13.8 Å². The van der Waals surface area contributed by atoms with E-state index in [2.05, 4.69) is 0 Å². The lowest BCUT2D eigenvalue weighted by molar-refractivity contribution is -0.146. The molecule has 4 nitrogen and oxygen atoms in total. The molecule has 0 rings (SSSR count). The topological polar surface area (TPSA) is 52.6 Å². The molecule has 0 heterocycles. The Hall–Kier alpha value is -0.900. The molecule has 0 saturated heterocycles. The van der Waals surface area contributed by atoms with Gasteiger partial charge in [-0.1, -0.05) is 13.8 Å². The Morgan fingerprint density at radius 1 is 1.19 bits per heavy atom. The third-order valence-corrected chi connectivity index (χ3v) is 2.68. The number of hydrogen-bond donors (Lipinski definition) is 0. The molecule has 0 radical (unpaired) electrons. The first-order valence-electron chi connectivity index (χ1n) is 5.77. The lowest BCUT2D eigenvalue weighted by Crippen LogP contribution is -2.36. The van der Waals surface area contributed by atoms with Crippen molar-refractivity contribution < 1.29 is 19.1 Å². The summed E-state index contributed by atoms with van der Waals surface area (Å²) in [5.74, 6) is -0.176. The first-order valence-corrected chi connectivity index (χ1v) is 5.77. The molecule has 0 amide bonds. The van der Waals surface area contributed by atoms with Gasteiger partial charge in [-0.15, -0.1) is 0 Å². The van der Waals surface area contributed by atoms with Crippen LogP contribution >= 0.6 is 0 Å². The van der Waals surface area contributed by atoms with Crippen molar-refractivity contribution in [2.45, 2.75) is 52.6 Å². The van der Waals surface area contributed by atoms with Crippen LogP contribution in [0, 0.1) is 0 Å². The molecule has 0 N–H and O–H groups in total. The Bertz CT molecular complexity index is 237. The fourth-order valence-electron chi connectivity index (χ4n) is 1.10. The van der Waals surface area contributed by atoms with Gasteiger partial charge in [0.05, 0.1) is 13.2 Å². The molecule has 0 aliphatic heterocycles. The van der Waals surface area contributed by atoms with Crippen molar-refractivity contribution in [3.05, 3.63) is 0 Å². The largest absolute Gasteiger partial charge is 0.466 e. The summed E-state index contributed by atoms with van der Waals surface area (Å²) >= 11 is 0. The standard InChI is InChI=1S/C12H22O4/c1-5-11(14)15-8-7-9-16-12(4,6-2)10(3)13/h5-9H2,1-4H3. The molecule has 0 aromatic carbocycles. The molecule has 4 heteroatoms. The fourth-order valence-corrected chi connectivity index (χ4v) is 1.10. The van der Waals surface area contributed by atoms with Gasteiger partial charge in [0, 0.05) is 12.8 Å². The van der Waals surface area contributed by atoms with Crippen molar-refractivity contribution in [2.24, 2.45) is 0 Å². The third-order valence-electron chi connectivity index (χ3n) is 2.68. The molecule has 16 heavy (non-hydrogen) atoms. The zero-order valence-electron chi connectivity index (χ0n) is 10.7.